The molecule has 1 fully saturated rings. The van der Waals surface area contributed by atoms with Gasteiger partial charge in [0, 0.05) is 5.92 Å². The molecule has 1 aliphatic carbocycles. The van der Waals surface area contributed by atoms with Gasteiger partial charge in [-0.05, 0) is 50.1 Å². The first-order chi connectivity index (χ1) is 21.2. The number of nitrogens with one attached hydrogen (secondary N) is 1. The second kappa shape index (κ2) is 20.3. The number of fused-ring (bicyclic) bond motifs is 1. The van der Waals surface area contributed by atoms with Gasteiger partial charge in [0.25, 0.3) is 0 Å². The molecule has 2 aromatic carbocycles. The first-order valence-corrected chi connectivity index (χ1v) is 18.3. The van der Waals surface area contributed by atoms with Crippen LogP contribution < -0.4 is 32.3 Å². The van der Waals surface area contributed by atoms with Crippen LogP contribution in [0.25, 0.3) is 27.6 Å². The normalized spacial score (nSPS) is 11.6. The molecule has 44 heavy (non-hydrogen) atoms. The van der Waals surface area contributed by atoms with Crippen molar-refractivity contribution in [1.82, 2.24) is 15.3 Å². The minimum atomic E-state index is -0.540. The van der Waals surface area contributed by atoms with Crippen molar-refractivity contribution in [2.75, 3.05) is 18.6 Å². The number of alkyl halides is 1. The van der Waals surface area contributed by atoms with Crippen molar-refractivity contribution in [3.05, 3.63) is 85.1 Å². The van der Waals surface area contributed by atoms with Crippen molar-refractivity contribution in [3.63, 3.8) is 0 Å². The molecule has 0 atom stereocenters. The smallest absolute Gasteiger partial charge is 0.0195 e. The third-order valence-corrected chi connectivity index (χ3v) is 10.2. The number of benzene rings is 2. The number of rotatable bonds is 8. The van der Waals surface area contributed by atoms with Gasteiger partial charge in [0.1, 0.15) is 0 Å². The van der Waals surface area contributed by atoms with E-state index in [0.717, 1.165) is 44.2 Å². The molecule has 8 heteroatoms. The maximum absolute atomic E-state index is 14.4. The molecular formula is C36H48F2IN4S-. The van der Waals surface area contributed by atoms with E-state index < -0.39 is 11.6 Å². The predicted molar refractivity (Wildman–Crippen MR) is 183 cm³/mol. The van der Waals surface area contributed by atoms with Crippen molar-refractivity contribution in [3.8, 4) is 24.1 Å². The Morgan fingerprint density at radius 3 is 2.23 bits per heavy atom. The fourth-order valence-electron chi connectivity index (χ4n) is 4.35. The van der Waals surface area contributed by atoms with Crippen molar-refractivity contribution in [2.24, 2.45) is 5.73 Å². The maximum Gasteiger partial charge on any atom is -0.0195 e. The summed E-state index contributed by atoms with van der Waals surface area (Å²) in [5.41, 5.74) is 11.9. The minimum Gasteiger partial charge on any atom is -0.333 e. The number of nitrogens with two attached hydrogens (primary N) is 1. The number of halogens is 3. The average molecular weight is 734 g/mol. The van der Waals surface area contributed by atoms with E-state index in [-0.39, 0.29) is 21.2 Å². The van der Waals surface area contributed by atoms with Crippen LogP contribution >= 0.6 is 11.3 Å². The molecule has 2 aromatic heterocycles. The van der Waals surface area contributed by atoms with Gasteiger partial charge >= 0.3 is 147 Å². The zero-order valence-electron chi connectivity index (χ0n) is 27.5. The van der Waals surface area contributed by atoms with Crippen LogP contribution in [-0.4, -0.2) is 28.6 Å². The molecule has 0 radical (unpaired) electrons. The number of terminal acetylenes is 1. The van der Waals surface area contributed by atoms with E-state index in [0.29, 0.717) is 16.8 Å². The summed E-state index contributed by atoms with van der Waals surface area (Å²) in [6, 6.07) is 9.01. The van der Waals surface area contributed by atoms with E-state index in [9.17, 15) is 8.78 Å². The van der Waals surface area contributed by atoms with Crippen LogP contribution in [0.5, 0.6) is 0 Å². The van der Waals surface area contributed by atoms with E-state index in [1.165, 1.54) is 46.2 Å². The zero-order valence-corrected chi connectivity index (χ0v) is 30.4. The molecule has 240 valence electrons. The van der Waals surface area contributed by atoms with Crippen LogP contribution in [0.2, 0.25) is 0 Å². The van der Waals surface area contributed by atoms with E-state index >= 15 is 0 Å². The Morgan fingerprint density at radius 1 is 1.00 bits per heavy atom. The molecule has 3 N–H and O–H groups in total. The van der Waals surface area contributed by atoms with E-state index in [1.807, 2.05) is 38.3 Å². The average Bonchev–Trinajstić information content (AvgIpc) is 3.81. The maximum atomic E-state index is 14.4. The van der Waals surface area contributed by atoms with Crippen LogP contribution in [0.15, 0.2) is 36.9 Å². The molecule has 0 aliphatic heterocycles. The van der Waals surface area contributed by atoms with Crippen LogP contribution in [0, 0.1) is 49.0 Å². The Morgan fingerprint density at radius 2 is 1.66 bits per heavy atom. The largest absolute Gasteiger partial charge is 0.333 e. The molecule has 0 spiro atoms. The number of hydrogen-bond acceptors (Lipinski definition) is 5. The van der Waals surface area contributed by atoms with Gasteiger partial charge in [0.15, 0.2) is 0 Å². The standard InChI is InChI=1S/C18H22F2IN2.C13H13NS.C2H6.C2H2.CH5N/c1-5-6-13-11(2)8-17(21-10-22-4)23-18(13)14-7-12(3)15(19)9-16(14)20;1-3-9-6-8(2)12-11(7-9)15-13(14-12)10-4-5-10;3*1-2/h7-9,22H,5-6,10H2,1-4H3;3,6-7,10H,1,4-5H2,2H3;1-2H3;1-2H;2H2,1H3/q-1;;;;. The summed E-state index contributed by atoms with van der Waals surface area (Å²) in [5, 5.41) is 4.48. The molecular weight excluding hydrogens is 685 g/mol. The fourth-order valence-corrected chi connectivity index (χ4v) is 7.49. The quantitative estimate of drug-likeness (QED) is 0.0767. The van der Waals surface area contributed by atoms with E-state index in [4.69, 9.17) is 9.97 Å². The predicted octanol–water partition coefficient (Wildman–Crippen LogP) is 6.01. The Balaban J connectivity index is 0.000000396. The van der Waals surface area contributed by atoms with E-state index in [2.05, 4.69) is 69.4 Å². The first kappa shape index (κ1) is 39.3. The molecule has 5 rings (SSSR count). The van der Waals surface area contributed by atoms with Crippen molar-refractivity contribution in [1.29, 1.82) is 0 Å². The van der Waals surface area contributed by atoms with Crippen LogP contribution in [0.1, 0.15) is 78.8 Å². The minimum absolute atomic E-state index is 0.264. The third kappa shape index (κ3) is 10.7. The summed E-state index contributed by atoms with van der Waals surface area (Å²) in [6.07, 6.45) is 14.4. The van der Waals surface area contributed by atoms with Gasteiger partial charge in [-0.1, -0.05) is 26.5 Å². The first-order valence-electron chi connectivity index (χ1n) is 14.9. The van der Waals surface area contributed by atoms with Gasteiger partial charge in [0.2, 0.25) is 0 Å². The summed E-state index contributed by atoms with van der Waals surface area (Å²) in [4.78, 5) is 9.47. The van der Waals surface area contributed by atoms with Gasteiger partial charge in [-0.2, -0.15) is 0 Å². The van der Waals surface area contributed by atoms with Gasteiger partial charge in [-0.15, -0.1) is 24.2 Å². The number of pyridine rings is 1. The molecule has 2 heterocycles. The molecule has 0 amide bonds. The third-order valence-electron chi connectivity index (χ3n) is 6.54. The molecule has 4 aromatic rings. The molecule has 1 aliphatic rings. The van der Waals surface area contributed by atoms with Crippen molar-refractivity contribution >= 4 is 27.6 Å². The summed E-state index contributed by atoms with van der Waals surface area (Å²) in [6.45, 7) is 15.8. The number of aryl methyl sites for hydroxylation is 3. The van der Waals surface area contributed by atoms with Gasteiger partial charge < -0.3 is 5.73 Å². The SMILES string of the molecule is C#C.C=Cc1cc(C)c2nc(C3CC3)sc2c1.CC.CCCc1c(C)cc([I-]CNC)nc1-c1cc(C)c(F)cc1F.CN. The number of thiazole rings is 1. The Labute approximate surface area is 278 Å². The van der Waals surface area contributed by atoms with Crippen LogP contribution in [0.3, 0.4) is 0 Å². The van der Waals surface area contributed by atoms with Crippen LogP contribution in [-0.2, 0) is 6.42 Å². The number of hydrogen-bond donors (Lipinski definition) is 2. The Kier molecular flexibility index (Phi) is 18.2. The summed E-state index contributed by atoms with van der Waals surface area (Å²) >= 11 is 1.59. The molecule has 1 saturated carbocycles. The summed E-state index contributed by atoms with van der Waals surface area (Å²) < 4.78 is 31.2. The Bertz CT molecular complexity index is 1510. The fraction of sp³-hybridized carbons (Fsp3) is 0.389. The van der Waals surface area contributed by atoms with Crippen molar-refractivity contribution < 1.29 is 30.0 Å². The van der Waals surface area contributed by atoms with Gasteiger partial charge in [-0.25, -0.2) is 4.98 Å². The second-order valence-corrected chi connectivity index (χ2v) is 13.4. The van der Waals surface area contributed by atoms with Crippen molar-refractivity contribution in [2.45, 2.75) is 73.1 Å². The van der Waals surface area contributed by atoms with Crippen LogP contribution in [0.4, 0.5) is 8.78 Å². The number of aromatic nitrogens is 2. The molecule has 0 saturated heterocycles. The monoisotopic (exact) mass is 733 g/mol. The summed E-state index contributed by atoms with van der Waals surface area (Å²) in [7, 11) is 3.42. The second-order valence-electron chi connectivity index (χ2n) is 9.76. The summed E-state index contributed by atoms with van der Waals surface area (Å²) in [5.74, 6) is -0.297. The van der Waals surface area contributed by atoms with Gasteiger partial charge in [-0.3, -0.25) is 0 Å². The Hall–Kier alpha value is -2.71. The number of nitrogens with zero attached hydrogens (tertiary/aromatic N) is 2. The van der Waals surface area contributed by atoms with E-state index in [1.54, 1.807) is 13.0 Å². The topological polar surface area (TPSA) is 63.8 Å². The molecule has 4 nitrogen and oxygen atoms in total. The zero-order chi connectivity index (χ0) is 33.4. The molecule has 0 unspecified atom stereocenters. The molecule has 0 bridgehead atoms. The van der Waals surface area contributed by atoms with Gasteiger partial charge in [0.05, 0.1) is 15.2 Å².